The molecular weight excluding hydrogens is 404 g/mol. The van der Waals surface area contributed by atoms with Gasteiger partial charge in [0.05, 0.1) is 19.4 Å². The summed E-state index contributed by atoms with van der Waals surface area (Å²) in [5, 5.41) is 7.32. The number of hydrogen-bond donors (Lipinski definition) is 1. The lowest BCUT2D eigenvalue weighted by molar-refractivity contribution is 0.0741. The third kappa shape index (κ3) is 4.88. The Bertz CT molecular complexity index is 1020. The predicted molar refractivity (Wildman–Crippen MR) is 126 cm³/mol. The van der Waals surface area contributed by atoms with Crippen LogP contribution in [0.25, 0.3) is 11.3 Å². The second-order valence-electron chi connectivity index (χ2n) is 7.84. The number of methoxy groups -OCH3 is 1. The van der Waals surface area contributed by atoms with Crippen LogP contribution in [0.2, 0.25) is 0 Å². The molecule has 32 heavy (non-hydrogen) atoms. The van der Waals surface area contributed by atoms with Crippen LogP contribution >= 0.6 is 0 Å². The van der Waals surface area contributed by atoms with Crippen molar-refractivity contribution in [3.05, 3.63) is 60.3 Å². The lowest BCUT2D eigenvalue weighted by Gasteiger charge is -2.35. The SMILES string of the molecule is CCCCOc1ccccc1-c1cc(C(=O)N2CCN(c3ccc(OC)cc3)CC2)[nH]n1. The molecule has 1 aliphatic heterocycles. The average molecular weight is 435 g/mol. The quantitative estimate of drug-likeness (QED) is 0.538. The van der Waals surface area contributed by atoms with Crippen molar-refractivity contribution in [2.75, 3.05) is 44.8 Å². The number of ether oxygens (including phenoxy) is 2. The number of amides is 1. The van der Waals surface area contributed by atoms with Gasteiger partial charge in [-0.05, 0) is 48.9 Å². The van der Waals surface area contributed by atoms with E-state index in [9.17, 15) is 4.79 Å². The van der Waals surface area contributed by atoms with E-state index in [0.29, 0.717) is 25.4 Å². The van der Waals surface area contributed by atoms with Gasteiger partial charge < -0.3 is 19.3 Å². The minimum Gasteiger partial charge on any atom is -0.497 e. The van der Waals surface area contributed by atoms with Crippen molar-refractivity contribution >= 4 is 11.6 Å². The minimum atomic E-state index is -0.0255. The Hall–Kier alpha value is -3.48. The number of anilines is 1. The standard InChI is InChI=1S/C25H30N4O3/c1-3-4-17-32-24-8-6-5-7-21(24)22-18-23(27-26-22)25(30)29-15-13-28(14-16-29)19-9-11-20(31-2)12-10-19/h5-12,18H,3-4,13-17H2,1-2H3,(H,26,27). The first-order chi connectivity index (χ1) is 15.7. The number of para-hydroxylation sites is 1. The van der Waals surface area contributed by atoms with Crippen molar-refractivity contribution < 1.29 is 14.3 Å². The largest absolute Gasteiger partial charge is 0.497 e. The molecule has 1 N–H and O–H groups in total. The molecule has 3 aromatic rings. The van der Waals surface area contributed by atoms with E-state index < -0.39 is 0 Å². The number of hydrogen-bond acceptors (Lipinski definition) is 5. The predicted octanol–water partition coefficient (Wildman–Crippen LogP) is 4.23. The Labute approximate surface area is 188 Å². The fourth-order valence-electron chi connectivity index (χ4n) is 3.83. The molecular formula is C25H30N4O3. The smallest absolute Gasteiger partial charge is 0.272 e. The monoisotopic (exact) mass is 434 g/mol. The first kappa shape index (κ1) is 21.7. The minimum absolute atomic E-state index is 0.0255. The molecule has 0 unspecified atom stereocenters. The highest BCUT2D eigenvalue weighted by Gasteiger charge is 2.24. The zero-order valence-corrected chi connectivity index (χ0v) is 18.7. The summed E-state index contributed by atoms with van der Waals surface area (Å²) < 4.78 is 11.2. The molecule has 1 amide bonds. The van der Waals surface area contributed by atoms with Crippen molar-refractivity contribution in [3.8, 4) is 22.8 Å². The molecule has 1 aromatic heterocycles. The maximum absolute atomic E-state index is 13.1. The molecule has 2 heterocycles. The number of piperazine rings is 1. The zero-order chi connectivity index (χ0) is 22.3. The number of carbonyl (C=O) groups excluding carboxylic acids is 1. The fraction of sp³-hybridized carbons (Fsp3) is 0.360. The normalized spacial score (nSPS) is 13.8. The zero-order valence-electron chi connectivity index (χ0n) is 18.7. The third-order valence-electron chi connectivity index (χ3n) is 5.73. The van der Waals surface area contributed by atoms with Crippen LogP contribution in [0.3, 0.4) is 0 Å². The molecule has 4 rings (SSSR count). The third-order valence-corrected chi connectivity index (χ3v) is 5.73. The molecule has 1 saturated heterocycles. The van der Waals surface area contributed by atoms with Crippen LogP contribution in [-0.2, 0) is 0 Å². The maximum Gasteiger partial charge on any atom is 0.272 e. The molecule has 0 atom stereocenters. The van der Waals surface area contributed by atoms with Crippen LogP contribution in [0.5, 0.6) is 11.5 Å². The average Bonchev–Trinajstić information content (AvgIpc) is 3.34. The van der Waals surface area contributed by atoms with E-state index >= 15 is 0 Å². The van der Waals surface area contributed by atoms with Gasteiger partial charge in [-0.15, -0.1) is 0 Å². The lowest BCUT2D eigenvalue weighted by Crippen LogP contribution is -2.48. The molecule has 0 bridgehead atoms. The van der Waals surface area contributed by atoms with E-state index in [0.717, 1.165) is 54.4 Å². The van der Waals surface area contributed by atoms with Crippen molar-refractivity contribution in [1.29, 1.82) is 0 Å². The Balaban J connectivity index is 1.39. The maximum atomic E-state index is 13.1. The first-order valence-electron chi connectivity index (χ1n) is 11.2. The number of unbranched alkanes of at least 4 members (excludes halogenated alkanes) is 1. The molecule has 1 aliphatic rings. The number of rotatable bonds is 8. The van der Waals surface area contributed by atoms with Gasteiger partial charge in [0.2, 0.25) is 0 Å². The summed E-state index contributed by atoms with van der Waals surface area (Å²) >= 11 is 0. The molecule has 0 spiro atoms. The molecule has 0 saturated carbocycles. The molecule has 0 radical (unpaired) electrons. The fourth-order valence-corrected chi connectivity index (χ4v) is 3.83. The van der Waals surface area contributed by atoms with E-state index in [2.05, 4.69) is 34.2 Å². The molecule has 7 nitrogen and oxygen atoms in total. The van der Waals surface area contributed by atoms with Crippen LogP contribution in [-0.4, -0.2) is 60.9 Å². The molecule has 168 valence electrons. The molecule has 2 aromatic carbocycles. The van der Waals surface area contributed by atoms with Gasteiger partial charge in [-0.3, -0.25) is 9.89 Å². The van der Waals surface area contributed by atoms with Gasteiger partial charge in [0.1, 0.15) is 17.2 Å². The first-order valence-corrected chi connectivity index (χ1v) is 11.2. The van der Waals surface area contributed by atoms with Gasteiger partial charge in [-0.25, -0.2) is 0 Å². The van der Waals surface area contributed by atoms with E-state index in [-0.39, 0.29) is 5.91 Å². The molecule has 1 fully saturated rings. The number of aromatic amines is 1. The highest BCUT2D eigenvalue weighted by atomic mass is 16.5. The number of aromatic nitrogens is 2. The van der Waals surface area contributed by atoms with Gasteiger partial charge in [0.15, 0.2) is 0 Å². The van der Waals surface area contributed by atoms with Gasteiger partial charge in [0, 0.05) is 37.4 Å². The Morgan fingerprint density at radius 1 is 1.06 bits per heavy atom. The highest BCUT2D eigenvalue weighted by Crippen LogP contribution is 2.29. The summed E-state index contributed by atoms with van der Waals surface area (Å²) in [7, 11) is 1.67. The summed E-state index contributed by atoms with van der Waals surface area (Å²) in [6, 6.07) is 17.7. The summed E-state index contributed by atoms with van der Waals surface area (Å²) in [5.41, 5.74) is 3.25. The molecule has 0 aliphatic carbocycles. The second kappa shape index (κ2) is 10.2. The van der Waals surface area contributed by atoms with E-state index in [1.165, 1.54) is 0 Å². The van der Waals surface area contributed by atoms with Gasteiger partial charge >= 0.3 is 0 Å². The topological polar surface area (TPSA) is 70.7 Å². The lowest BCUT2D eigenvalue weighted by atomic mass is 10.1. The van der Waals surface area contributed by atoms with Crippen LogP contribution < -0.4 is 14.4 Å². The number of H-pyrrole nitrogens is 1. The Morgan fingerprint density at radius 2 is 1.81 bits per heavy atom. The van der Waals surface area contributed by atoms with Crippen LogP contribution in [0.4, 0.5) is 5.69 Å². The van der Waals surface area contributed by atoms with E-state index in [4.69, 9.17) is 9.47 Å². The van der Waals surface area contributed by atoms with Crippen LogP contribution in [0.15, 0.2) is 54.6 Å². The highest BCUT2D eigenvalue weighted by molar-refractivity contribution is 5.93. The Morgan fingerprint density at radius 3 is 2.53 bits per heavy atom. The second-order valence-corrected chi connectivity index (χ2v) is 7.84. The molecule has 7 heteroatoms. The van der Waals surface area contributed by atoms with Crippen LogP contribution in [0.1, 0.15) is 30.3 Å². The van der Waals surface area contributed by atoms with E-state index in [1.54, 1.807) is 7.11 Å². The summed E-state index contributed by atoms with van der Waals surface area (Å²) in [6.45, 7) is 5.70. The number of nitrogens with one attached hydrogen (secondary N) is 1. The summed E-state index contributed by atoms with van der Waals surface area (Å²) in [5.74, 6) is 1.61. The number of nitrogens with zero attached hydrogens (tertiary/aromatic N) is 3. The van der Waals surface area contributed by atoms with Gasteiger partial charge in [-0.2, -0.15) is 5.10 Å². The summed E-state index contributed by atoms with van der Waals surface area (Å²) in [4.78, 5) is 17.2. The van der Waals surface area contributed by atoms with Crippen LogP contribution in [0, 0.1) is 0 Å². The van der Waals surface area contributed by atoms with Crippen molar-refractivity contribution in [3.63, 3.8) is 0 Å². The summed E-state index contributed by atoms with van der Waals surface area (Å²) in [6.07, 6.45) is 2.08. The van der Waals surface area contributed by atoms with Crippen molar-refractivity contribution in [1.82, 2.24) is 15.1 Å². The van der Waals surface area contributed by atoms with Gasteiger partial charge in [-0.1, -0.05) is 25.5 Å². The van der Waals surface area contributed by atoms with E-state index in [1.807, 2.05) is 47.4 Å². The van der Waals surface area contributed by atoms with Crippen molar-refractivity contribution in [2.45, 2.75) is 19.8 Å². The Kier molecular flexibility index (Phi) is 6.94. The number of carbonyl (C=O) groups is 1. The van der Waals surface area contributed by atoms with Gasteiger partial charge in [0.25, 0.3) is 5.91 Å². The number of benzene rings is 2. The van der Waals surface area contributed by atoms with Crippen molar-refractivity contribution in [2.24, 2.45) is 0 Å².